The molecule has 0 spiro atoms. The van der Waals surface area contributed by atoms with Crippen LogP contribution in [0.4, 0.5) is 13.2 Å². The monoisotopic (exact) mass is 238 g/mol. The number of hydrogen-bond donors (Lipinski definition) is 1. The van der Waals surface area contributed by atoms with Crippen molar-refractivity contribution in [1.82, 2.24) is 0 Å². The van der Waals surface area contributed by atoms with Crippen LogP contribution in [0.5, 0.6) is 0 Å². The molecule has 0 aliphatic heterocycles. The quantitative estimate of drug-likeness (QED) is 0.770. The van der Waals surface area contributed by atoms with Gasteiger partial charge in [0.15, 0.2) is 0 Å². The zero-order chi connectivity index (χ0) is 12.2. The van der Waals surface area contributed by atoms with Crippen LogP contribution in [-0.4, -0.2) is 17.4 Å². The van der Waals surface area contributed by atoms with E-state index in [9.17, 15) is 18.3 Å². The minimum Gasteiger partial charge on any atom is -0.393 e. The van der Waals surface area contributed by atoms with Crippen LogP contribution in [0.15, 0.2) is 0 Å². The Morgan fingerprint density at radius 3 is 2.50 bits per heavy atom. The Morgan fingerprint density at radius 2 is 2.00 bits per heavy atom. The van der Waals surface area contributed by atoms with Gasteiger partial charge in [-0.1, -0.05) is 19.8 Å². The summed E-state index contributed by atoms with van der Waals surface area (Å²) in [6.07, 6.45) is -0.828. The van der Waals surface area contributed by atoms with E-state index in [1.807, 2.05) is 0 Å². The van der Waals surface area contributed by atoms with E-state index in [0.29, 0.717) is 12.3 Å². The van der Waals surface area contributed by atoms with Crippen molar-refractivity contribution in [3.63, 3.8) is 0 Å². The van der Waals surface area contributed by atoms with Crippen molar-refractivity contribution < 1.29 is 18.3 Å². The van der Waals surface area contributed by atoms with E-state index in [4.69, 9.17) is 0 Å². The van der Waals surface area contributed by atoms with Crippen LogP contribution in [0.2, 0.25) is 0 Å². The maximum Gasteiger partial charge on any atom is 0.389 e. The van der Waals surface area contributed by atoms with E-state index < -0.39 is 18.7 Å². The van der Waals surface area contributed by atoms with Gasteiger partial charge in [0.25, 0.3) is 0 Å². The number of aliphatic hydroxyl groups excluding tert-OH is 1. The van der Waals surface area contributed by atoms with Gasteiger partial charge in [0.2, 0.25) is 0 Å². The van der Waals surface area contributed by atoms with Crippen molar-refractivity contribution in [2.75, 3.05) is 0 Å². The number of aliphatic hydroxyl groups is 1. The fourth-order valence-corrected chi connectivity index (χ4v) is 2.58. The molecule has 16 heavy (non-hydrogen) atoms. The second-order valence-electron chi connectivity index (χ2n) is 4.92. The molecule has 0 bridgehead atoms. The van der Waals surface area contributed by atoms with Gasteiger partial charge in [0, 0.05) is 6.42 Å². The molecule has 0 amide bonds. The van der Waals surface area contributed by atoms with E-state index in [2.05, 4.69) is 6.92 Å². The highest BCUT2D eigenvalue weighted by Crippen LogP contribution is 2.36. The summed E-state index contributed by atoms with van der Waals surface area (Å²) in [6, 6.07) is 0. The van der Waals surface area contributed by atoms with Gasteiger partial charge in [-0.15, -0.1) is 0 Å². The molecule has 1 N–H and O–H groups in total. The topological polar surface area (TPSA) is 20.2 Å². The molecule has 1 aliphatic carbocycles. The van der Waals surface area contributed by atoms with Crippen LogP contribution in [0.25, 0.3) is 0 Å². The Hall–Kier alpha value is -0.250. The van der Waals surface area contributed by atoms with Crippen molar-refractivity contribution in [3.05, 3.63) is 0 Å². The summed E-state index contributed by atoms with van der Waals surface area (Å²) in [4.78, 5) is 0. The molecule has 4 heteroatoms. The molecule has 0 aromatic rings. The van der Waals surface area contributed by atoms with E-state index in [-0.39, 0.29) is 12.3 Å². The highest BCUT2D eigenvalue weighted by molar-refractivity contribution is 4.80. The summed E-state index contributed by atoms with van der Waals surface area (Å²) >= 11 is 0. The van der Waals surface area contributed by atoms with Gasteiger partial charge in [0.05, 0.1) is 6.10 Å². The highest BCUT2D eigenvalue weighted by atomic mass is 19.4. The van der Waals surface area contributed by atoms with Crippen LogP contribution in [0.1, 0.15) is 51.9 Å². The van der Waals surface area contributed by atoms with Crippen LogP contribution >= 0.6 is 0 Å². The lowest BCUT2D eigenvalue weighted by molar-refractivity contribution is -0.136. The van der Waals surface area contributed by atoms with E-state index in [0.717, 1.165) is 25.7 Å². The lowest BCUT2D eigenvalue weighted by Gasteiger charge is -2.18. The van der Waals surface area contributed by atoms with E-state index in [1.165, 1.54) is 0 Å². The summed E-state index contributed by atoms with van der Waals surface area (Å²) in [5.74, 6) is 0.903. The average molecular weight is 238 g/mol. The van der Waals surface area contributed by atoms with Gasteiger partial charge >= 0.3 is 6.18 Å². The first-order valence-corrected chi connectivity index (χ1v) is 6.17. The molecule has 1 saturated carbocycles. The Labute approximate surface area is 95.0 Å². The second-order valence-corrected chi connectivity index (χ2v) is 4.92. The number of rotatable bonds is 5. The SMILES string of the molecule is CCC1CCC(C(O)CCCC(F)(F)F)C1. The zero-order valence-corrected chi connectivity index (χ0v) is 9.76. The van der Waals surface area contributed by atoms with Crippen molar-refractivity contribution >= 4 is 0 Å². The molecule has 0 aromatic carbocycles. The van der Waals surface area contributed by atoms with Gasteiger partial charge < -0.3 is 5.11 Å². The first kappa shape index (κ1) is 13.8. The molecule has 0 saturated heterocycles. The van der Waals surface area contributed by atoms with Crippen LogP contribution in [-0.2, 0) is 0 Å². The Bertz CT molecular complexity index is 203. The molecular weight excluding hydrogens is 217 g/mol. The highest BCUT2D eigenvalue weighted by Gasteiger charge is 2.30. The van der Waals surface area contributed by atoms with Gasteiger partial charge in [-0.3, -0.25) is 0 Å². The van der Waals surface area contributed by atoms with Gasteiger partial charge in [-0.2, -0.15) is 13.2 Å². The van der Waals surface area contributed by atoms with E-state index >= 15 is 0 Å². The van der Waals surface area contributed by atoms with Gasteiger partial charge in [-0.05, 0) is 37.5 Å². The van der Waals surface area contributed by atoms with Crippen molar-refractivity contribution in [2.45, 2.75) is 64.1 Å². The summed E-state index contributed by atoms with van der Waals surface area (Å²) in [7, 11) is 0. The van der Waals surface area contributed by atoms with Crippen LogP contribution in [0.3, 0.4) is 0 Å². The largest absolute Gasteiger partial charge is 0.393 e. The molecule has 0 heterocycles. The predicted octanol–water partition coefficient (Wildman–Crippen LogP) is 3.91. The first-order chi connectivity index (χ1) is 7.42. The lowest BCUT2D eigenvalue weighted by atomic mass is 9.94. The standard InChI is InChI=1S/C12H21F3O/c1-2-9-5-6-10(8-9)11(16)4-3-7-12(13,14)15/h9-11,16H,2-8H2,1H3. The third-order valence-electron chi connectivity index (χ3n) is 3.66. The Morgan fingerprint density at radius 1 is 1.31 bits per heavy atom. The normalized spacial score (nSPS) is 28.3. The minimum atomic E-state index is -4.08. The Balaban J connectivity index is 2.18. The number of halogens is 3. The average Bonchev–Trinajstić information content (AvgIpc) is 2.63. The Kier molecular flexibility index (Phi) is 5.09. The number of alkyl halides is 3. The first-order valence-electron chi connectivity index (χ1n) is 6.17. The molecule has 0 aromatic heterocycles. The van der Waals surface area contributed by atoms with Gasteiger partial charge in [0.1, 0.15) is 0 Å². The van der Waals surface area contributed by atoms with Gasteiger partial charge in [-0.25, -0.2) is 0 Å². The number of hydrogen-bond acceptors (Lipinski definition) is 1. The third-order valence-corrected chi connectivity index (χ3v) is 3.66. The molecule has 1 nitrogen and oxygen atoms in total. The minimum absolute atomic E-state index is 0.0535. The summed E-state index contributed by atoms with van der Waals surface area (Å²) in [5, 5.41) is 9.79. The lowest BCUT2D eigenvalue weighted by Crippen LogP contribution is -2.19. The third kappa shape index (κ3) is 4.73. The summed E-state index contributed by atoms with van der Waals surface area (Å²) in [5.41, 5.74) is 0. The van der Waals surface area contributed by atoms with Crippen molar-refractivity contribution in [2.24, 2.45) is 11.8 Å². The molecule has 96 valence electrons. The fourth-order valence-electron chi connectivity index (χ4n) is 2.58. The van der Waals surface area contributed by atoms with Crippen LogP contribution < -0.4 is 0 Å². The summed E-state index contributed by atoms with van der Waals surface area (Å²) in [6.45, 7) is 2.13. The van der Waals surface area contributed by atoms with Crippen molar-refractivity contribution in [1.29, 1.82) is 0 Å². The second kappa shape index (κ2) is 5.89. The molecule has 0 radical (unpaired) electrons. The van der Waals surface area contributed by atoms with E-state index in [1.54, 1.807) is 0 Å². The molecule has 1 fully saturated rings. The summed E-state index contributed by atoms with van der Waals surface area (Å²) < 4.78 is 35.8. The fraction of sp³-hybridized carbons (Fsp3) is 1.00. The molecule has 1 rings (SSSR count). The van der Waals surface area contributed by atoms with Crippen LogP contribution in [0, 0.1) is 11.8 Å². The molecular formula is C12H21F3O. The maximum atomic E-state index is 11.9. The van der Waals surface area contributed by atoms with Crippen molar-refractivity contribution in [3.8, 4) is 0 Å². The smallest absolute Gasteiger partial charge is 0.389 e. The molecule has 3 unspecified atom stereocenters. The zero-order valence-electron chi connectivity index (χ0n) is 9.76. The molecule has 1 aliphatic rings. The predicted molar refractivity (Wildman–Crippen MR) is 57.0 cm³/mol. The molecule has 3 atom stereocenters. The maximum absolute atomic E-state index is 11.9.